The molecule has 1 aromatic rings. The van der Waals surface area contributed by atoms with Crippen molar-refractivity contribution in [1.82, 2.24) is 9.78 Å². The molecule has 5 heteroatoms. The maximum Gasteiger partial charge on any atom is 0.314 e. The maximum atomic E-state index is 12.4. The third kappa shape index (κ3) is 3.20. The van der Waals surface area contributed by atoms with Crippen LogP contribution in [0, 0.1) is 11.3 Å². The van der Waals surface area contributed by atoms with Crippen LogP contribution in [0.25, 0.3) is 0 Å². The third-order valence-corrected chi connectivity index (χ3v) is 4.04. The van der Waals surface area contributed by atoms with E-state index in [1.807, 2.05) is 38.6 Å². The molecule has 1 rings (SSSR count). The first-order valence-electron chi connectivity index (χ1n) is 7.30. The van der Waals surface area contributed by atoms with E-state index in [9.17, 15) is 4.79 Å². The SMILES string of the molecule is CCOC(=O)C(CN)(Cc1cc(CC)nn1C)C(C)C. The van der Waals surface area contributed by atoms with Crippen LogP contribution in [0.5, 0.6) is 0 Å². The molecule has 0 aliphatic rings. The number of ether oxygens (including phenoxy) is 1. The van der Waals surface area contributed by atoms with Crippen molar-refractivity contribution in [2.45, 2.75) is 40.5 Å². The van der Waals surface area contributed by atoms with Crippen LogP contribution in [0.2, 0.25) is 0 Å². The number of hydrogen-bond donors (Lipinski definition) is 1. The average molecular weight is 281 g/mol. The highest BCUT2D eigenvalue weighted by Gasteiger charge is 2.42. The van der Waals surface area contributed by atoms with Gasteiger partial charge in [0.25, 0.3) is 0 Å². The number of nitrogens with zero attached hydrogens (tertiary/aromatic N) is 2. The van der Waals surface area contributed by atoms with Crippen molar-refractivity contribution in [3.8, 4) is 0 Å². The Balaban J connectivity index is 3.11. The van der Waals surface area contributed by atoms with Crippen LogP contribution in [0.1, 0.15) is 39.1 Å². The van der Waals surface area contributed by atoms with Gasteiger partial charge in [-0.1, -0.05) is 20.8 Å². The van der Waals surface area contributed by atoms with Crippen LogP contribution >= 0.6 is 0 Å². The van der Waals surface area contributed by atoms with Crippen LogP contribution in [-0.2, 0) is 29.4 Å². The van der Waals surface area contributed by atoms with Gasteiger partial charge in [0.15, 0.2) is 0 Å². The normalized spacial score (nSPS) is 14.3. The summed E-state index contributed by atoms with van der Waals surface area (Å²) in [6.07, 6.45) is 1.44. The van der Waals surface area contributed by atoms with Gasteiger partial charge in [-0.05, 0) is 25.3 Å². The Kier molecular flexibility index (Phi) is 5.74. The van der Waals surface area contributed by atoms with Gasteiger partial charge in [0.1, 0.15) is 0 Å². The summed E-state index contributed by atoms with van der Waals surface area (Å²) in [5.74, 6) is -0.108. The minimum Gasteiger partial charge on any atom is -0.466 e. The lowest BCUT2D eigenvalue weighted by molar-refractivity contribution is -0.157. The van der Waals surface area contributed by atoms with Crippen LogP contribution in [-0.4, -0.2) is 28.9 Å². The number of carbonyl (C=O) groups excluding carboxylic acids is 1. The molecule has 0 saturated heterocycles. The number of aryl methyl sites for hydroxylation is 2. The lowest BCUT2D eigenvalue weighted by Gasteiger charge is -2.33. The zero-order chi connectivity index (χ0) is 15.3. The van der Waals surface area contributed by atoms with Gasteiger partial charge in [0, 0.05) is 25.7 Å². The molecule has 20 heavy (non-hydrogen) atoms. The second-order valence-electron chi connectivity index (χ2n) is 5.52. The van der Waals surface area contributed by atoms with Crippen molar-refractivity contribution in [2.24, 2.45) is 24.1 Å². The Morgan fingerprint density at radius 3 is 2.55 bits per heavy atom. The highest BCUT2D eigenvalue weighted by Crippen LogP contribution is 2.32. The Morgan fingerprint density at radius 1 is 1.50 bits per heavy atom. The van der Waals surface area contributed by atoms with Crippen molar-refractivity contribution in [2.75, 3.05) is 13.2 Å². The molecule has 1 unspecified atom stereocenters. The van der Waals surface area contributed by atoms with Crippen molar-refractivity contribution in [3.63, 3.8) is 0 Å². The van der Waals surface area contributed by atoms with Gasteiger partial charge < -0.3 is 10.5 Å². The molecular formula is C15H27N3O2. The number of hydrogen-bond acceptors (Lipinski definition) is 4. The van der Waals surface area contributed by atoms with Crippen molar-refractivity contribution in [1.29, 1.82) is 0 Å². The van der Waals surface area contributed by atoms with Crippen molar-refractivity contribution >= 4 is 5.97 Å². The van der Waals surface area contributed by atoms with E-state index >= 15 is 0 Å². The fourth-order valence-electron chi connectivity index (χ4n) is 2.41. The zero-order valence-electron chi connectivity index (χ0n) is 13.3. The number of rotatable bonds is 7. The molecule has 1 heterocycles. The minimum absolute atomic E-state index is 0.103. The Bertz CT molecular complexity index is 454. The van der Waals surface area contributed by atoms with Gasteiger partial charge in [-0.2, -0.15) is 5.10 Å². The molecule has 0 aromatic carbocycles. The summed E-state index contributed by atoms with van der Waals surface area (Å²) in [4.78, 5) is 12.4. The molecular weight excluding hydrogens is 254 g/mol. The second kappa shape index (κ2) is 6.88. The molecule has 0 bridgehead atoms. The average Bonchev–Trinajstić information content (AvgIpc) is 2.76. The lowest BCUT2D eigenvalue weighted by Crippen LogP contribution is -2.46. The molecule has 0 radical (unpaired) electrons. The Hall–Kier alpha value is -1.36. The van der Waals surface area contributed by atoms with E-state index in [1.165, 1.54) is 0 Å². The third-order valence-electron chi connectivity index (χ3n) is 4.04. The first-order valence-corrected chi connectivity index (χ1v) is 7.30. The highest BCUT2D eigenvalue weighted by atomic mass is 16.5. The molecule has 1 atom stereocenters. The van der Waals surface area contributed by atoms with Crippen LogP contribution in [0.4, 0.5) is 0 Å². The molecule has 114 valence electrons. The number of carbonyl (C=O) groups is 1. The fourth-order valence-corrected chi connectivity index (χ4v) is 2.41. The summed E-state index contributed by atoms with van der Waals surface area (Å²) in [7, 11) is 1.90. The van der Waals surface area contributed by atoms with E-state index in [1.54, 1.807) is 0 Å². The Labute approximate surface area is 121 Å². The molecule has 0 aliphatic heterocycles. The van der Waals surface area contributed by atoms with E-state index in [2.05, 4.69) is 12.0 Å². The second-order valence-corrected chi connectivity index (χ2v) is 5.52. The van der Waals surface area contributed by atoms with E-state index in [0.29, 0.717) is 13.0 Å². The zero-order valence-corrected chi connectivity index (χ0v) is 13.3. The molecule has 0 saturated carbocycles. The lowest BCUT2D eigenvalue weighted by atomic mass is 9.73. The standard InChI is InChI=1S/C15H27N3O2/c1-6-12-8-13(18(5)17-12)9-15(10-16,11(3)4)14(19)20-7-2/h8,11H,6-7,9-10,16H2,1-5H3. The van der Waals surface area contributed by atoms with Gasteiger partial charge >= 0.3 is 5.97 Å². The quantitative estimate of drug-likeness (QED) is 0.772. The summed E-state index contributed by atoms with van der Waals surface area (Å²) in [5, 5.41) is 4.44. The topological polar surface area (TPSA) is 70.1 Å². The van der Waals surface area contributed by atoms with E-state index in [-0.39, 0.29) is 18.4 Å². The smallest absolute Gasteiger partial charge is 0.314 e. The summed E-state index contributed by atoms with van der Waals surface area (Å²) < 4.78 is 7.09. The molecule has 1 aromatic heterocycles. The molecule has 0 amide bonds. The number of nitrogens with two attached hydrogens (primary N) is 1. The van der Waals surface area contributed by atoms with E-state index < -0.39 is 5.41 Å². The van der Waals surface area contributed by atoms with Gasteiger partial charge in [0.2, 0.25) is 0 Å². The van der Waals surface area contributed by atoms with E-state index in [4.69, 9.17) is 10.5 Å². The van der Waals surface area contributed by atoms with E-state index in [0.717, 1.165) is 17.8 Å². The fraction of sp³-hybridized carbons (Fsp3) is 0.733. The molecule has 0 spiro atoms. The van der Waals surface area contributed by atoms with Gasteiger partial charge in [-0.3, -0.25) is 9.48 Å². The molecule has 2 N–H and O–H groups in total. The molecule has 0 fully saturated rings. The predicted octanol–water partition coefficient (Wildman–Crippen LogP) is 1.69. The first kappa shape index (κ1) is 16.7. The largest absolute Gasteiger partial charge is 0.466 e. The number of aromatic nitrogens is 2. The molecule has 0 aliphatic carbocycles. The Morgan fingerprint density at radius 2 is 2.15 bits per heavy atom. The van der Waals surface area contributed by atoms with Crippen molar-refractivity contribution < 1.29 is 9.53 Å². The van der Waals surface area contributed by atoms with Crippen LogP contribution < -0.4 is 5.73 Å². The van der Waals surface area contributed by atoms with Gasteiger partial charge in [-0.15, -0.1) is 0 Å². The molecule has 5 nitrogen and oxygen atoms in total. The van der Waals surface area contributed by atoms with Gasteiger partial charge in [-0.25, -0.2) is 0 Å². The summed E-state index contributed by atoms with van der Waals surface area (Å²) >= 11 is 0. The predicted molar refractivity (Wildman–Crippen MR) is 79.2 cm³/mol. The van der Waals surface area contributed by atoms with Crippen molar-refractivity contribution in [3.05, 3.63) is 17.5 Å². The minimum atomic E-state index is -0.686. The maximum absolute atomic E-state index is 12.4. The van der Waals surface area contributed by atoms with Crippen LogP contribution in [0.3, 0.4) is 0 Å². The van der Waals surface area contributed by atoms with Gasteiger partial charge in [0.05, 0.1) is 17.7 Å². The summed E-state index contributed by atoms with van der Waals surface area (Å²) in [6.45, 7) is 8.56. The summed E-state index contributed by atoms with van der Waals surface area (Å²) in [6, 6.07) is 2.05. The highest BCUT2D eigenvalue weighted by molar-refractivity contribution is 5.78. The van der Waals surface area contributed by atoms with Crippen LogP contribution in [0.15, 0.2) is 6.07 Å². The monoisotopic (exact) mass is 281 g/mol. The summed E-state index contributed by atoms with van der Waals surface area (Å²) in [5.41, 5.74) is 7.31. The number of esters is 1. The first-order chi connectivity index (χ1) is 9.41.